The monoisotopic (exact) mass is 394 g/mol. The third kappa shape index (κ3) is 4.57. The molecule has 0 amide bonds. The molecule has 2 N–H and O–H groups in total. The standard InChI is InChI=1S/C22H23BF2N3O/c1-15-14-17(10-9-16-6-3-4-8-20(16)29-22(24)25)27(2)21(15)18(11-12-26)19-7-5-13-28(19)23/h3-10,13-14,22H,11-12,26H2,1-2H3/q+1/b10-9+. The van der Waals surface area contributed by atoms with E-state index in [4.69, 9.17) is 13.7 Å². The van der Waals surface area contributed by atoms with Crippen molar-refractivity contribution >= 4 is 31.9 Å². The largest absolute Gasteiger partial charge is 0.586 e. The summed E-state index contributed by atoms with van der Waals surface area (Å²) < 4.78 is 33.5. The summed E-state index contributed by atoms with van der Waals surface area (Å²) in [7, 11) is 8.03. The van der Waals surface area contributed by atoms with E-state index in [2.05, 4.69) is 9.30 Å². The van der Waals surface area contributed by atoms with Gasteiger partial charge in [-0.25, -0.2) is 0 Å². The van der Waals surface area contributed by atoms with Crippen molar-refractivity contribution in [1.29, 1.82) is 0 Å². The smallest absolute Gasteiger partial charge is 0.434 e. The van der Waals surface area contributed by atoms with Gasteiger partial charge < -0.3 is 15.0 Å². The van der Waals surface area contributed by atoms with E-state index in [0.29, 0.717) is 18.5 Å². The Bertz CT molecular complexity index is 1020. The molecule has 2 heterocycles. The molecule has 0 saturated carbocycles. The number of hydrogen-bond donors (Lipinski definition) is 1. The maximum absolute atomic E-state index is 12.6. The van der Waals surface area contributed by atoms with Crippen LogP contribution in [0.25, 0.3) is 17.7 Å². The highest BCUT2D eigenvalue weighted by atomic mass is 19.3. The number of para-hydroxylation sites is 1. The van der Waals surface area contributed by atoms with Gasteiger partial charge in [-0.05, 0) is 49.7 Å². The highest BCUT2D eigenvalue weighted by molar-refractivity contribution is 6.01. The molecular formula is C22H23BF2N3O+. The molecule has 0 bridgehead atoms. The van der Waals surface area contributed by atoms with Crippen LogP contribution in [0, 0.1) is 6.92 Å². The Morgan fingerprint density at radius 3 is 2.72 bits per heavy atom. The molecule has 3 rings (SSSR count). The Morgan fingerprint density at radius 2 is 2.07 bits per heavy atom. The minimum absolute atomic E-state index is 0.140. The van der Waals surface area contributed by atoms with E-state index in [1.807, 2.05) is 38.3 Å². The Kier molecular flexibility index (Phi) is 6.49. The number of halogens is 2. The SMILES string of the molecule is [B][N+]1=CC=CC1=C(CCN)c1c(C)cc(/C=C/c2ccccc2OC(F)F)n1C. The van der Waals surface area contributed by atoms with Crippen molar-refractivity contribution in [1.82, 2.24) is 4.57 Å². The number of hydrogen-bond acceptors (Lipinski definition) is 2. The van der Waals surface area contributed by atoms with Gasteiger partial charge in [0.25, 0.3) is 0 Å². The summed E-state index contributed by atoms with van der Waals surface area (Å²) in [6, 6.07) is 8.75. The molecule has 7 heteroatoms. The van der Waals surface area contributed by atoms with E-state index < -0.39 is 6.61 Å². The topological polar surface area (TPSA) is 43.2 Å². The first-order valence-electron chi connectivity index (χ1n) is 9.29. The number of alkyl halides is 2. The van der Waals surface area contributed by atoms with Crippen molar-refractivity contribution in [3.8, 4) is 5.75 Å². The maximum atomic E-state index is 12.6. The summed E-state index contributed by atoms with van der Waals surface area (Å²) in [4.78, 5) is 0. The van der Waals surface area contributed by atoms with Crippen LogP contribution in [0.2, 0.25) is 0 Å². The zero-order chi connectivity index (χ0) is 21.0. The summed E-state index contributed by atoms with van der Waals surface area (Å²) in [5.74, 6) is 0.140. The molecule has 1 aliphatic rings. The molecule has 2 radical (unpaired) electrons. The fourth-order valence-corrected chi connectivity index (χ4v) is 3.54. The van der Waals surface area contributed by atoms with Crippen LogP contribution in [-0.2, 0) is 7.05 Å². The zero-order valence-electron chi connectivity index (χ0n) is 16.5. The van der Waals surface area contributed by atoms with E-state index in [9.17, 15) is 8.78 Å². The lowest BCUT2D eigenvalue weighted by Gasteiger charge is -2.12. The second-order valence-electron chi connectivity index (χ2n) is 6.73. The van der Waals surface area contributed by atoms with Gasteiger partial charge in [0, 0.05) is 36.0 Å². The van der Waals surface area contributed by atoms with Crippen molar-refractivity contribution in [2.45, 2.75) is 20.0 Å². The van der Waals surface area contributed by atoms with E-state index in [1.54, 1.807) is 35.0 Å². The molecular weight excluding hydrogens is 371 g/mol. The number of benzene rings is 1. The van der Waals surface area contributed by atoms with Crippen LogP contribution >= 0.6 is 0 Å². The Hall–Kier alpha value is -2.93. The molecule has 1 aromatic carbocycles. The molecule has 1 aromatic heterocycles. The molecule has 1 aliphatic heterocycles. The van der Waals surface area contributed by atoms with Crippen molar-refractivity contribution < 1.29 is 18.0 Å². The highest BCUT2D eigenvalue weighted by Crippen LogP contribution is 2.30. The number of nitrogens with zero attached hydrogens (tertiary/aromatic N) is 2. The average molecular weight is 394 g/mol. The number of aromatic nitrogens is 1. The van der Waals surface area contributed by atoms with Gasteiger partial charge in [0.15, 0.2) is 5.70 Å². The lowest BCUT2D eigenvalue weighted by molar-refractivity contribution is -0.294. The van der Waals surface area contributed by atoms with Gasteiger partial charge in [-0.3, -0.25) is 4.49 Å². The van der Waals surface area contributed by atoms with Crippen LogP contribution in [0.4, 0.5) is 8.78 Å². The Morgan fingerprint density at radius 1 is 1.31 bits per heavy atom. The number of rotatable bonds is 7. The van der Waals surface area contributed by atoms with E-state index in [1.165, 1.54) is 6.07 Å². The van der Waals surface area contributed by atoms with Crippen LogP contribution in [-0.4, -0.2) is 36.4 Å². The predicted octanol–water partition coefficient (Wildman–Crippen LogP) is 3.90. The third-order valence-corrected chi connectivity index (χ3v) is 4.80. The summed E-state index contributed by atoms with van der Waals surface area (Å²) in [5.41, 5.74) is 11.4. The van der Waals surface area contributed by atoms with Gasteiger partial charge >= 0.3 is 14.6 Å². The fraction of sp³-hybridized carbons (Fsp3) is 0.227. The molecule has 0 atom stereocenters. The number of aryl methyl sites for hydroxylation is 1. The highest BCUT2D eigenvalue weighted by Gasteiger charge is 2.22. The van der Waals surface area contributed by atoms with Gasteiger partial charge in [0.2, 0.25) is 0 Å². The van der Waals surface area contributed by atoms with Crippen molar-refractivity contribution in [3.63, 3.8) is 0 Å². The van der Waals surface area contributed by atoms with Crippen molar-refractivity contribution in [2.24, 2.45) is 12.8 Å². The number of allylic oxidation sites excluding steroid dienone is 2. The Labute approximate surface area is 170 Å². The van der Waals surface area contributed by atoms with Crippen LogP contribution < -0.4 is 10.5 Å². The van der Waals surface area contributed by atoms with Crippen molar-refractivity contribution in [3.05, 3.63) is 70.7 Å². The molecule has 0 aliphatic carbocycles. The van der Waals surface area contributed by atoms with Gasteiger partial charge in [0.1, 0.15) is 12.0 Å². The second kappa shape index (κ2) is 9.05. The van der Waals surface area contributed by atoms with Gasteiger partial charge in [-0.2, -0.15) is 8.78 Å². The summed E-state index contributed by atoms with van der Waals surface area (Å²) in [6.45, 7) is -0.343. The molecule has 0 fully saturated rings. The predicted molar refractivity (Wildman–Crippen MR) is 114 cm³/mol. The zero-order valence-corrected chi connectivity index (χ0v) is 16.5. The van der Waals surface area contributed by atoms with Crippen LogP contribution in [0.15, 0.2) is 48.2 Å². The van der Waals surface area contributed by atoms with E-state index in [0.717, 1.165) is 28.2 Å². The summed E-state index contributed by atoms with van der Waals surface area (Å²) in [5, 5.41) is 0. The van der Waals surface area contributed by atoms with Crippen LogP contribution in [0.5, 0.6) is 5.75 Å². The molecule has 2 aromatic rings. The molecule has 4 nitrogen and oxygen atoms in total. The normalized spacial score (nSPS) is 15.4. The first-order valence-corrected chi connectivity index (χ1v) is 9.29. The van der Waals surface area contributed by atoms with Gasteiger partial charge in [-0.1, -0.05) is 18.2 Å². The van der Waals surface area contributed by atoms with Crippen LogP contribution in [0.3, 0.4) is 0 Å². The minimum Gasteiger partial charge on any atom is -0.434 e. The number of ether oxygens (including phenoxy) is 1. The molecule has 0 unspecified atom stereocenters. The lowest BCUT2D eigenvalue weighted by atomic mass is 10.0. The summed E-state index contributed by atoms with van der Waals surface area (Å²) >= 11 is 0. The fourth-order valence-electron chi connectivity index (χ4n) is 3.54. The van der Waals surface area contributed by atoms with E-state index in [-0.39, 0.29) is 5.75 Å². The van der Waals surface area contributed by atoms with Crippen LogP contribution in [0.1, 0.15) is 28.9 Å². The maximum Gasteiger partial charge on any atom is 0.586 e. The lowest BCUT2D eigenvalue weighted by Crippen LogP contribution is -2.11. The first-order chi connectivity index (χ1) is 13.9. The quantitative estimate of drug-likeness (QED) is 0.724. The first kappa shape index (κ1) is 20.8. The third-order valence-electron chi connectivity index (χ3n) is 4.80. The molecule has 0 saturated heterocycles. The second-order valence-corrected chi connectivity index (χ2v) is 6.73. The van der Waals surface area contributed by atoms with E-state index >= 15 is 0 Å². The van der Waals surface area contributed by atoms with Crippen molar-refractivity contribution in [2.75, 3.05) is 6.54 Å². The van der Waals surface area contributed by atoms with Gasteiger partial charge in [0.05, 0.1) is 5.69 Å². The summed E-state index contributed by atoms with van der Waals surface area (Å²) in [6.07, 6.45) is 9.98. The van der Waals surface area contributed by atoms with Gasteiger partial charge in [-0.15, -0.1) is 0 Å². The Balaban J connectivity index is 2.00. The number of nitrogens with two attached hydrogens (primary N) is 1. The minimum atomic E-state index is -2.87. The molecule has 148 valence electrons. The average Bonchev–Trinajstić information content (AvgIpc) is 3.22. The molecule has 0 spiro atoms. The molecule has 29 heavy (non-hydrogen) atoms.